The summed E-state index contributed by atoms with van der Waals surface area (Å²) in [6.07, 6.45) is 0. The summed E-state index contributed by atoms with van der Waals surface area (Å²) in [7, 11) is 0. The molecule has 0 aliphatic heterocycles. The van der Waals surface area contributed by atoms with Gasteiger partial charge in [-0.15, -0.1) is 0 Å². The van der Waals surface area contributed by atoms with Crippen LogP contribution in [0.15, 0.2) is 0 Å². The summed E-state index contributed by atoms with van der Waals surface area (Å²) in [5, 5.41) is 0. The topological polar surface area (TPSA) is 52.6 Å². The zero-order valence-corrected chi connectivity index (χ0v) is 7.89. The van der Waals surface area contributed by atoms with Crippen LogP contribution in [0.5, 0.6) is 0 Å². The van der Waals surface area contributed by atoms with Gasteiger partial charge in [0.25, 0.3) is 0 Å². The van der Waals surface area contributed by atoms with Crippen molar-refractivity contribution < 1.29 is 38.5 Å². The maximum Gasteiger partial charge on any atom is 0.311 e. The number of esters is 1. The maximum atomic E-state index is 10.6. The summed E-state index contributed by atoms with van der Waals surface area (Å²) in [6, 6.07) is 0. The van der Waals surface area contributed by atoms with Crippen molar-refractivity contribution in [3.05, 3.63) is 0 Å². The van der Waals surface area contributed by atoms with E-state index in [4.69, 9.17) is 0 Å². The molecule has 4 nitrogen and oxygen atoms in total. The fraction of sp³-hybridized carbons (Fsp3) is 0.667. The molecular formula is C6H9O4Rh-. The number of hydrogen-bond acceptors (Lipinski definition) is 4. The predicted molar refractivity (Wildman–Crippen MR) is 32.6 cm³/mol. The van der Waals surface area contributed by atoms with Crippen molar-refractivity contribution in [3.8, 4) is 0 Å². The van der Waals surface area contributed by atoms with Gasteiger partial charge in [-0.25, -0.2) is 0 Å². The normalized spacial score (nSPS) is 8.27. The third-order valence-corrected chi connectivity index (χ3v) is 0.790. The third kappa shape index (κ3) is 7.46. The zero-order valence-electron chi connectivity index (χ0n) is 6.25. The molecule has 0 fully saturated rings. The first-order valence-corrected chi connectivity index (χ1v) is 2.84. The summed E-state index contributed by atoms with van der Waals surface area (Å²) < 4.78 is 8.43. The van der Waals surface area contributed by atoms with E-state index in [0.717, 1.165) is 6.47 Å². The Morgan fingerprint density at radius 2 is 2.09 bits per heavy atom. The van der Waals surface area contributed by atoms with Gasteiger partial charge in [-0.2, -0.15) is 0 Å². The Hall–Kier alpha value is -0.437. The van der Waals surface area contributed by atoms with E-state index in [1.54, 1.807) is 13.8 Å². The van der Waals surface area contributed by atoms with E-state index in [2.05, 4.69) is 9.47 Å². The van der Waals surface area contributed by atoms with Crippen LogP contribution in [-0.4, -0.2) is 19.2 Å². The van der Waals surface area contributed by atoms with Crippen LogP contribution >= 0.6 is 0 Å². The van der Waals surface area contributed by atoms with E-state index in [0.29, 0.717) is 0 Å². The first-order valence-electron chi connectivity index (χ1n) is 2.84. The molecule has 0 unspecified atom stereocenters. The van der Waals surface area contributed by atoms with E-state index >= 15 is 0 Å². The molecule has 0 spiro atoms. The predicted octanol–water partition coefficient (Wildman–Crippen LogP) is 0.224. The number of hydrogen-bond donors (Lipinski definition) is 0. The van der Waals surface area contributed by atoms with Gasteiger partial charge in [0, 0.05) is 19.5 Å². The third-order valence-electron chi connectivity index (χ3n) is 0.790. The molecule has 0 saturated carbocycles. The molecule has 5 heteroatoms. The molecular weight excluding hydrogens is 239 g/mol. The Morgan fingerprint density at radius 1 is 1.55 bits per heavy atom. The van der Waals surface area contributed by atoms with Gasteiger partial charge in [0.15, 0.2) is 0 Å². The van der Waals surface area contributed by atoms with Crippen LogP contribution < -0.4 is 0 Å². The van der Waals surface area contributed by atoms with Crippen molar-refractivity contribution in [1.29, 1.82) is 0 Å². The second kappa shape index (κ2) is 7.67. The summed E-state index contributed by atoms with van der Waals surface area (Å²) in [4.78, 5) is 20.0. The van der Waals surface area contributed by atoms with Crippen LogP contribution in [-0.2, 0) is 38.5 Å². The van der Waals surface area contributed by atoms with Crippen molar-refractivity contribution in [2.24, 2.45) is 5.92 Å². The smallest absolute Gasteiger partial charge is 0.311 e. The molecule has 0 aliphatic rings. The van der Waals surface area contributed by atoms with Gasteiger partial charge in [-0.05, 0) is 0 Å². The van der Waals surface area contributed by atoms with Crippen molar-refractivity contribution in [3.63, 3.8) is 0 Å². The number of carbonyl (C=O) groups excluding carboxylic acids is 2. The average Bonchev–Trinajstić information content (AvgIpc) is 1.88. The average molecular weight is 248 g/mol. The molecule has 1 radical (unpaired) electrons. The van der Waals surface area contributed by atoms with Crippen LogP contribution in [0.2, 0.25) is 0 Å². The van der Waals surface area contributed by atoms with Gasteiger partial charge in [-0.1, -0.05) is 20.3 Å². The Morgan fingerprint density at radius 3 is 2.45 bits per heavy atom. The van der Waals surface area contributed by atoms with Crippen LogP contribution in [0.3, 0.4) is 0 Å². The SMILES string of the molecule is CC(C)C(=O)OCO[C-]=O.[Rh]. The molecule has 67 valence electrons. The minimum Gasteiger partial charge on any atom is -0.626 e. The van der Waals surface area contributed by atoms with Crippen molar-refractivity contribution in [2.45, 2.75) is 13.8 Å². The van der Waals surface area contributed by atoms with E-state index in [-0.39, 0.29) is 32.2 Å². The molecule has 11 heavy (non-hydrogen) atoms. The van der Waals surface area contributed by atoms with Crippen LogP contribution in [0, 0.1) is 5.92 Å². The maximum absolute atomic E-state index is 10.6. The Labute approximate surface area is 78.0 Å². The molecule has 0 bridgehead atoms. The van der Waals surface area contributed by atoms with Crippen molar-refractivity contribution >= 4 is 12.4 Å². The Balaban J connectivity index is 0. The minimum absolute atomic E-state index is 0. The summed E-state index contributed by atoms with van der Waals surface area (Å²) >= 11 is 0. The Bertz CT molecular complexity index is 124. The van der Waals surface area contributed by atoms with Gasteiger partial charge in [-0.3, -0.25) is 4.79 Å². The van der Waals surface area contributed by atoms with Crippen LogP contribution in [0.1, 0.15) is 13.8 Å². The van der Waals surface area contributed by atoms with Gasteiger partial charge in [0.2, 0.25) is 6.79 Å². The summed E-state index contributed by atoms with van der Waals surface area (Å²) in [6.45, 7) is 4.16. The first-order chi connectivity index (χ1) is 4.68. The second-order valence-electron chi connectivity index (χ2n) is 1.96. The molecule has 0 aromatic heterocycles. The van der Waals surface area contributed by atoms with E-state index in [9.17, 15) is 9.59 Å². The van der Waals surface area contributed by atoms with Crippen LogP contribution in [0.4, 0.5) is 0 Å². The van der Waals surface area contributed by atoms with Gasteiger partial charge < -0.3 is 14.3 Å². The fourth-order valence-corrected chi connectivity index (χ4v) is 0.278. The second-order valence-corrected chi connectivity index (χ2v) is 1.96. The van der Waals surface area contributed by atoms with Crippen LogP contribution in [0.25, 0.3) is 0 Å². The minimum atomic E-state index is -0.393. The van der Waals surface area contributed by atoms with Gasteiger partial charge >= 0.3 is 5.97 Å². The molecule has 0 N–H and O–H groups in total. The molecule has 0 aromatic rings. The molecule has 0 aromatic carbocycles. The van der Waals surface area contributed by atoms with Gasteiger partial charge in [0.1, 0.15) is 0 Å². The standard InChI is InChI=1S/C6H9O4.Rh/c1-5(2)6(8)10-4-9-3-7;/h5H,4H2,1-2H3;/q-1;. The van der Waals surface area contributed by atoms with Crippen molar-refractivity contribution in [1.82, 2.24) is 0 Å². The summed E-state index contributed by atoms with van der Waals surface area (Å²) in [5.41, 5.74) is 0. The van der Waals surface area contributed by atoms with E-state index in [1.807, 2.05) is 0 Å². The number of ether oxygens (including phenoxy) is 2. The van der Waals surface area contributed by atoms with E-state index < -0.39 is 5.97 Å². The monoisotopic (exact) mass is 248 g/mol. The van der Waals surface area contributed by atoms with E-state index in [1.165, 1.54) is 0 Å². The Kier molecular flexibility index (Phi) is 9.18. The zero-order chi connectivity index (χ0) is 7.98. The summed E-state index contributed by atoms with van der Waals surface area (Å²) in [5.74, 6) is -0.592. The largest absolute Gasteiger partial charge is 0.626 e. The number of carbonyl (C=O) groups is 1. The molecule has 0 saturated heterocycles. The molecule has 0 amide bonds. The first kappa shape index (κ1) is 13.2. The fourth-order valence-electron chi connectivity index (χ4n) is 0.278. The molecule has 0 rings (SSSR count). The van der Waals surface area contributed by atoms with Gasteiger partial charge in [0.05, 0.1) is 5.92 Å². The quantitative estimate of drug-likeness (QED) is 0.235. The van der Waals surface area contributed by atoms with Crippen molar-refractivity contribution in [2.75, 3.05) is 6.79 Å². The molecule has 0 aliphatic carbocycles. The molecule has 0 heterocycles. The number of rotatable bonds is 4. The molecule has 0 atom stereocenters.